The molecule has 1 saturated carbocycles. The molecule has 3 aromatic rings. The maximum absolute atomic E-state index is 13.2. The SMILES string of the molecule is CCn1c(=O)[nH]c(=O)c2c(C(=O)N[C@@H](C)c3ccccc3C)cc(C3CC3)nc21. The molecule has 1 amide bonds. The molecule has 2 aromatic heterocycles. The summed E-state index contributed by atoms with van der Waals surface area (Å²) in [7, 11) is 0. The quantitative estimate of drug-likeness (QED) is 0.698. The molecule has 29 heavy (non-hydrogen) atoms. The van der Waals surface area contributed by atoms with Crippen molar-refractivity contribution < 1.29 is 4.79 Å². The van der Waals surface area contributed by atoms with Crippen LogP contribution in [0.1, 0.15) is 65.8 Å². The zero-order valence-electron chi connectivity index (χ0n) is 16.8. The maximum Gasteiger partial charge on any atom is 0.329 e. The van der Waals surface area contributed by atoms with Crippen LogP contribution < -0.4 is 16.6 Å². The summed E-state index contributed by atoms with van der Waals surface area (Å²) in [4.78, 5) is 45.0. The fourth-order valence-corrected chi connectivity index (χ4v) is 3.78. The number of nitrogens with zero attached hydrogens (tertiary/aromatic N) is 2. The van der Waals surface area contributed by atoms with Gasteiger partial charge in [-0.2, -0.15) is 0 Å². The van der Waals surface area contributed by atoms with E-state index >= 15 is 0 Å². The van der Waals surface area contributed by atoms with E-state index < -0.39 is 11.2 Å². The minimum Gasteiger partial charge on any atom is -0.345 e. The first-order valence-electron chi connectivity index (χ1n) is 9.94. The molecule has 0 aliphatic heterocycles. The van der Waals surface area contributed by atoms with Crippen LogP contribution in [0, 0.1) is 6.92 Å². The van der Waals surface area contributed by atoms with Crippen molar-refractivity contribution in [3.63, 3.8) is 0 Å². The molecule has 0 bridgehead atoms. The van der Waals surface area contributed by atoms with Gasteiger partial charge in [-0.05, 0) is 50.8 Å². The Labute approximate surface area is 167 Å². The standard InChI is InChI=1S/C22H24N4O3/c1-4-26-19-18(21(28)25-22(26)29)16(11-17(24-19)14-9-10-14)20(27)23-13(3)15-8-6-5-7-12(15)2/h5-8,11,13-14H,4,9-10H2,1-3H3,(H,23,27)(H,25,28,29)/t13-/m0/s1. The third-order valence-corrected chi connectivity index (χ3v) is 5.53. The van der Waals surface area contributed by atoms with Crippen LogP contribution in [0.2, 0.25) is 0 Å². The van der Waals surface area contributed by atoms with E-state index in [0.29, 0.717) is 6.54 Å². The summed E-state index contributed by atoms with van der Waals surface area (Å²) in [5, 5.41) is 3.16. The minimum absolute atomic E-state index is 0.158. The lowest BCUT2D eigenvalue weighted by molar-refractivity contribution is 0.0941. The Morgan fingerprint density at radius 2 is 2.03 bits per heavy atom. The molecule has 1 atom stereocenters. The van der Waals surface area contributed by atoms with Crippen molar-refractivity contribution in [2.24, 2.45) is 0 Å². The van der Waals surface area contributed by atoms with E-state index in [1.165, 1.54) is 4.57 Å². The first-order valence-corrected chi connectivity index (χ1v) is 9.94. The van der Waals surface area contributed by atoms with Gasteiger partial charge in [-0.3, -0.25) is 19.1 Å². The molecule has 0 radical (unpaired) electrons. The summed E-state index contributed by atoms with van der Waals surface area (Å²) in [5.41, 5.74) is 2.30. The highest BCUT2D eigenvalue weighted by Crippen LogP contribution is 2.40. The number of aromatic nitrogens is 3. The molecule has 0 saturated heterocycles. The molecule has 150 valence electrons. The van der Waals surface area contributed by atoms with Gasteiger partial charge in [0, 0.05) is 18.2 Å². The number of nitrogens with one attached hydrogen (secondary N) is 2. The van der Waals surface area contributed by atoms with Gasteiger partial charge in [0.2, 0.25) is 0 Å². The van der Waals surface area contributed by atoms with Crippen molar-refractivity contribution in [1.29, 1.82) is 0 Å². The molecule has 1 aliphatic rings. The van der Waals surface area contributed by atoms with Gasteiger partial charge in [0.15, 0.2) is 5.65 Å². The summed E-state index contributed by atoms with van der Waals surface area (Å²) in [5.74, 6) is -0.0682. The number of benzene rings is 1. The average Bonchev–Trinajstić information content (AvgIpc) is 3.52. The van der Waals surface area contributed by atoms with E-state index in [1.807, 2.05) is 45.0 Å². The second-order valence-electron chi connectivity index (χ2n) is 7.62. The number of hydrogen-bond acceptors (Lipinski definition) is 4. The van der Waals surface area contributed by atoms with Gasteiger partial charge in [0.05, 0.1) is 17.0 Å². The summed E-state index contributed by atoms with van der Waals surface area (Å²) >= 11 is 0. The number of fused-ring (bicyclic) bond motifs is 1. The number of pyridine rings is 1. The first kappa shape index (κ1) is 19.1. The van der Waals surface area contributed by atoms with E-state index in [1.54, 1.807) is 6.07 Å². The molecule has 0 spiro atoms. The zero-order valence-corrected chi connectivity index (χ0v) is 16.8. The monoisotopic (exact) mass is 392 g/mol. The smallest absolute Gasteiger partial charge is 0.329 e. The number of aromatic amines is 1. The van der Waals surface area contributed by atoms with Gasteiger partial charge in [-0.25, -0.2) is 9.78 Å². The van der Waals surface area contributed by atoms with E-state index in [4.69, 9.17) is 0 Å². The number of aryl methyl sites for hydroxylation is 2. The molecular weight excluding hydrogens is 368 g/mol. The molecule has 2 heterocycles. The maximum atomic E-state index is 13.2. The molecule has 0 unspecified atom stereocenters. The number of H-pyrrole nitrogens is 1. The van der Waals surface area contributed by atoms with Gasteiger partial charge in [-0.15, -0.1) is 0 Å². The molecule has 4 rings (SSSR count). The predicted octanol–water partition coefficient (Wildman–Crippen LogP) is 2.78. The Kier molecular flexibility index (Phi) is 4.82. The van der Waals surface area contributed by atoms with Gasteiger partial charge in [0.25, 0.3) is 11.5 Å². The van der Waals surface area contributed by atoms with Crippen LogP contribution >= 0.6 is 0 Å². The van der Waals surface area contributed by atoms with Crippen molar-refractivity contribution in [3.05, 3.63) is 73.6 Å². The van der Waals surface area contributed by atoms with Crippen LogP contribution in [-0.4, -0.2) is 20.4 Å². The van der Waals surface area contributed by atoms with Gasteiger partial charge in [-0.1, -0.05) is 24.3 Å². The fourth-order valence-electron chi connectivity index (χ4n) is 3.78. The van der Waals surface area contributed by atoms with Gasteiger partial charge in [0.1, 0.15) is 0 Å². The normalized spacial score (nSPS) is 14.7. The van der Waals surface area contributed by atoms with E-state index in [9.17, 15) is 14.4 Å². The number of carbonyl (C=O) groups excluding carboxylic acids is 1. The molecule has 7 heteroatoms. The van der Waals surface area contributed by atoms with Crippen LogP contribution in [0.15, 0.2) is 39.9 Å². The molecule has 1 aromatic carbocycles. The van der Waals surface area contributed by atoms with Crippen LogP contribution in [0.4, 0.5) is 0 Å². The third-order valence-electron chi connectivity index (χ3n) is 5.53. The summed E-state index contributed by atoms with van der Waals surface area (Å²) in [6.45, 7) is 6.08. The lowest BCUT2D eigenvalue weighted by atomic mass is 10.0. The lowest BCUT2D eigenvalue weighted by Gasteiger charge is -2.18. The number of amides is 1. The second-order valence-corrected chi connectivity index (χ2v) is 7.62. The molecule has 1 aliphatic carbocycles. The van der Waals surface area contributed by atoms with Crippen LogP contribution in [-0.2, 0) is 6.54 Å². The van der Waals surface area contributed by atoms with E-state index in [2.05, 4.69) is 15.3 Å². The Bertz CT molecular complexity index is 1220. The highest BCUT2D eigenvalue weighted by atomic mass is 16.2. The average molecular weight is 392 g/mol. The number of carbonyl (C=O) groups is 1. The molecule has 1 fully saturated rings. The summed E-state index contributed by atoms with van der Waals surface area (Å²) < 4.78 is 1.41. The van der Waals surface area contributed by atoms with Gasteiger partial charge < -0.3 is 5.32 Å². The van der Waals surface area contributed by atoms with Crippen LogP contribution in [0.25, 0.3) is 11.0 Å². The van der Waals surface area contributed by atoms with Crippen molar-refractivity contribution in [2.45, 2.75) is 52.1 Å². The molecular formula is C22H24N4O3. The number of rotatable bonds is 5. The lowest BCUT2D eigenvalue weighted by Crippen LogP contribution is -2.34. The van der Waals surface area contributed by atoms with Crippen molar-refractivity contribution in [3.8, 4) is 0 Å². The Morgan fingerprint density at radius 3 is 2.69 bits per heavy atom. The van der Waals surface area contributed by atoms with E-state index in [-0.39, 0.29) is 34.5 Å². The Morgan fingerprint density at radius 1 is 1.31 bits per heavy atom. The molecule has 7 nitrogen and oxygen atoms in total. The van der Waals surface area contributed by atoms with Gasteiger partial charge >= 0.3 is 5.69 Å². The first-order chi connectivity index (χ1) is 13.9. The predicted molar refractivity (Wildman–Crippen MR) is 111 cm³/mol. The van der Waals surface area contributed by atoms with E-state index in [0.717, 1.165) is 29.7 Å². The van der Waals surface area contributed by atoms with Crippen molar-refractivity contribution in [1.82, 2.24) is 19.9 Å². The van der Waals surface area contributed by atoms with Crippen molar-refractivity contribution >= 4 is 16.9 Å². The van der Waals surface area contributed by atoms with Crippen molar-refractivity contribution in [2.75, 3.05) is 0 Å². The highest BCUT2D eigenvalue weighted by Gasteiger charge is 2.29. The minimum atomic E-state index is -0.585. The summed E-state index contributed by atoms with van der Waals surface area (Å²) in [6.07, 6.45) is 2.00. The van der Waals surface area contributed by atoms with Crippen LogP contribution in [0.5, 0.6) is 0 Å². The number of hydrogen-bond donors (Lipinski definition) is 2. The fraction of sp³-hybridized carbons (Fsp3) is 0.364. The molecule has 2 N–H and O–H groups in total. The third kappa shape index (κ3) is 3.48. The Balaban J connectivity index is 1.84. The largest absolute Gasteiger partial charge is 0.345 e. The highest BCUT2D eigenvalue weighted by molar-refractivity contribution is 6.05. The zero-order chi connectivity index (χ0) is 20.7. The second kappa shape index (κ2) is 7.31. The topological polar surface area (TPSA) is 96.9 Å². The summed E-state index contributed by atoms with van der Waals surface area (Å²) in [6, 6.07) is 9.34. The van der Waals surface area contributed by atoms with Crippen LogP contribution in [0.3, 0.4) is 0 Å². The Hall–Kier alpha value is -3.22.